The molecule has 0 amide bonds. The van der Waals surface area contributed by atoms with E-state index in [0.29, 0.717) is 23.0 Å². The molecule has 1 aliphatic heterocycles. The molecule has 2 rings (SSSR count). The van der Waals surface area contributed by atoms with Crippen molar-refractivity contribution in [1.29, 1.82) is 0 Å². The van der Waals surface area contributed by atoms with Crippen LogP contribution in [0, 0.1) is 0 Å². The van der Waals surface area contributed by atoms with E-state index in [-0.39, 0.29) is 0 Å². The number of rotatable bonds is 4. The predicted octanol–water partition coefficient (Wildman–Crippen LogP) is 1.91. The van der Waals surface area contributed by atoms with Crippen LogP contribution in [0.4, 0.5) is 18.3 Å². The van der Waals surface area contributed by atoms with Gasteiger partial charge in [-0.1, -0.05) is 11.3 Å². The summed E-state index contributed by atoms with van der Waals surface area (Å²) in [7, 11) is 0. The van der Waals surface area contributed by atoms with Crippen LogP contribution in [0.3, 0.4) is 0 Å². The van der Waals surface area contributed by atoms with Crippen LogP contribution in [0.5, 0.6) is 0 Å². The quantitative estimate of drug-likeness (QED) is 0.915. The van der Waals surface area contributed by atoms with Gasteiger partial charge < -0.3 is 10.1 Å². The van der Waals surface area contributed by atoms with Gasteiger partial charge in [0.1, 0.15) is 4.88 Å². The van der Waals surface area contributed by atoms with Gasteiger partial charge in [0.15, 0.2) is 5.13 Å². The van der Waals surface area contributed by atoms with Crippen molar-refractivity contribution in [3.8, 4) is 0 Å². The Hall–Kier alpha value is -0.860. The largest absolute Gasteiger partial charge is 0.427 e. The van der Waals surface area contributed by atoms with Crippen molar-refractivity contribution in [2.75, 3.05) is 44.7 Å². The summed E-state index contributed by atoms with van der Waals surface area (Å²) < 4.78 is 42.2. The molecule has 8 heteroatoms. The Labute approximate surface area is 107 Å². The molecule has 0 saturated carbocycles. The van der Waals surface area contributed by atoms with Crippen LogP contribution >= 0.6 is 11.3 Å². The van der Waals surface area contributed by atoms with Gasteiger partial charge in [-0.2, -0.15) is 13.2 Å². The highest BCUT2D eigenvalue weighted by atomic mass is 32.1. The molecule has 0 aliphatic carbocycles. The second-order valence-corrected chi connectivity index (χ2v) is 4.94. The number of halogens is 3. The number of morpholine rings is 1. The fourth-order valence-corrected chi connectivity index (χ4v) is 2.34. The number of alkyl halides is 3. The molecule has 1 fully saturated rings. The van der Waals surface area contributed by atoms with Crippen molar-refractivity contribution in [3.05, 3.63) is 11.1 Å². The van der Waals surface area contributed by atoms with E-state index < -0.39 is 11.1 Å². The molecular formula is C10H14F3N3OS. The first-order valence-corrected chi connectivity index (χ1v) is 6.44. The molecule has 4 nitrogen and oxygen atoms in total. The summed E-state index contributed by atoms with van der Waals surface area (Å²) in [4.78, 5) is 5.24. The van der Waals surface area contributed by atoms with Crippen LogP contribution in [0.15, 0.2) is 6.20 Å². The zero-order chi connectivity index (χ0) is 13.0. The second-order valence-electron chi connectivity index (χ2n) is 3.91. The third-order valence-corrected chi connectivity index (χ3v) is 3.59. The van der Waals surface area contributed by atoms with E-state index in [1.807, 2.05) is 0 Å². The van der Waals surface area contributed by atoms with Gasteiger partial charge in [0, 0.05) is 26.2 Å². The van der Waals surface area contributed by atoms with Gasteiger partial charge in [0.25, 0.3) is 0 Å². The van der Waals surface area contributed by atoms with Crippen LogP contribution in [0.1, 0.15) is 4.88 Å². The Bertz CT molecular complexity index is 377. The highest BCUT2D eigenvalue weighted by Gasteiger charge is 2.33. The van der Waals surface area contributed by atoms with E-state index >= 15 is 0 Å². The van der Waals surface area contributed by atoms with Gasteiger partial charge in [-0.25, -0.2) is 4.98 Å². The Morgan fingerprint density at radius 2 is 2.11 bits per heavy atom. The number of anilines is 1. The smallest absolute Gasteiger partial charge is 0.379 e. The normalized spacial score (nSPS) is 17.9. The monoisotopic (exact) mass is 281 g/mol. The number of hydrogen-bond donors (Lipinski definition) is 1. The number of nitrogens with zero attached hydrogens (tertiary/aromatic N) is 2. The zero-order valence-electron chi connectivity index (χ0n) is 9.66. The summed E-state index contributed by atoms with van der Waals surface area (Å²) in [6.07, 6.45) is -3.44. The maximum atomic E-state index is 12.3. The molecule has 0 radical (unpaired) electrons. The highest BCUT2D eigenvalue weighted by molar-refractivity contribution is 7.15. The summed E-state index contributed by atoms with van der Waals surface area (Å²) in [6, 6.07) is 0. The molecule has 2 heterocycles. The zero-order valence-corrected chi connectivity index (χ0v) is 10.5. The van der Waals surface area contributed by atoms with Crippen LogP contribution < -0.4 is 5.32 Å². The molecule has 0 spiro atoms. The lowest BCUT2D eigenvalue weighted by Gasteiger charge is -2.26. The standard InChI is InChI=1S/C10H14F3N3OS/c11-10(12,13)8-7-15-9(18-8)14-1-2-16-3-5-17-6-4-16/h7H,1-6H2,(H,14,15). The van der Waals surface area contributed by atoms with Crippen LogP contribution in [0.2, 0.25) is 0 Å². The number of thiazole rings is 1. The molecule has 0 aromatic carbocycles. The molecule has 102 valence electrons. The minimum atomic E-state index is -4.30. The molecular weight excluding hydrogens is 267 g/mol. The van der Waals surface area contributed by atoms with Crippen molar-refractivity contribution in [2.45, 2.75) is 6.18 Å². The van der Waals surface area contributed by atoms with Crippen LogP contribution in [0.25, 0.3) is 0 Å². The predicted molar refractivity (Wildman–Crippen MR) is 62.9 cm³/mol. The number of hydrogen-bond acceptors (Lipinski definition) is 5. The van der Waals surface area contributed by atoms with E-state index in [0.717, 1.165) is 39.0 Å². The fraction of sp³-hybridized carbons (Fsp3) is 0.700. The topological polar surface area (TPSA) is 37.4 Å². The lowest BCUT2D eigenvalue weighted by molar-refractivity contribution is -0.134. The maximum absolute atomic E-state index is 12.3. The minimum Gasteiger partial charge on any atom is -0.379 e. The fourth-order valence-electron chi connectivity index (χ4n) is 1.63. The van der Waals surface area contributed by atoms with E-state index in [4.69, 9.17) is 4.74 Å². The van der Waals surface area contributed by atoms with Crippen LogP contribution in [-0.4, -0.2) is 49.3 Å². The molecule has 1 aliphatic rings. The second kappa shape index (κ2) is 5.85. The Morgan fingerprint density at radius 3 is 2.72 bits per heavy atom. The van der Waals surface area contributed by atoms with E-state index in [9.17, 15) is 13.2 Å². The number of nitrogens with one attached hydrogen (secondary N) is 1. The summed E-state index contributed by atoms with van der Waals surface area (Å²) in [5.41, 5.74) is 0. The van der Waals surface area contributed by atoms with Gasteiger partial charge in [-0.05, 0) is 0 Å². The summed E-state index contributed by atoms with van der Waals surface area (Å²) in [5.74, 6) is 0. The third kappa shape index (κ3) is 3.82. The third-order valence-electron chi connectivity index (χ3n) is 2.59. The lowest BCUT2D eigenvalue weighted by Crippen LogP contribution is -2.38. The van der Waals surface area contributed by atoms with E-state index in [1.54, 1.807) is 0 Å². The summed E-state index contributed by atoms with van der Waals surface area (Å²) in [5, 5.41) is 3.22. The van der Waals surface area contributed by atoms with Gasteiger partial charge in [0.2, 0.25) is 0 Å². The first kappa shape index (κ1) is 13.6. The summed E-state index contributed by atoms with van der Waals surface area (Å²) in [6.45, 7) is 4.54. The molecule has 0 atom stereocenters. The van der Waals surface area contributed by atoms with Crippen LogP contribution in [-0.2, 0) is 10.9 Å². The lowest BCUT2D eigenvalue weighted by atomic mass is 10.4. The first-order valence-electron chi connectivity index (χ1n) is 5.63. The van der Waals surface area contributed by atoms with Crippen molar-refractivity contribution in [2.24, 2.45) is 0 Å². The summed E-state index contributed by atoms with van der Waals surface area (Å²) >= 11 is 0.636. The molecule has 18 heavy (non-hydrogen) atoms. The number of ether oxygens (including phenoxy) is 1. The molecule has 0 unspecified atom stereocenters. The highest BCUT2D eigenvalue weighted by Crippen LogP contribution is 2.34. The minimum absolute atomic E-state index is 0.315. The van der Waals surface area contributed by atoms with Crippen molar-refractivity contribution in [1.82, 2.24) is 9.88 Å². The first-order chi connectivity index (χ1) is 8.55. The Balaban J connectivity index is 1.74. The van der Waals surface area contributed by atoms with Gasteiger partial charge in [0.05, 0.1) is 19.4 Å². The maximum Gasteiger partial charge on any atom is 0.427 e. The Morgan fingerprint density at radius 1 is 1.39 bits per heavy atom. The molecule has 1 saturated heterocycles. The number of aromatic nitrogens is 1. The average Bonchev–Trinajstić information content (AvgIpc) is 2.79. The molecule has 0 bridgehead atoms. The van der Waals surface area contributed by atoms with Gasteiger partial charge in [-0.3, -0.25) is 4.90 Å². The molecule has 1 N–H and O–H groups in total. The van der Waals surface area contributed by atoms with Crippen molar-refractivity contribution in [3.63, 3.8) is 0 Å². The van der Waals surface area contributed by atoms with E-state index in [2.05, 4.69) is 15.2 Å². The van der Waals surface area contributed by atoms with E-state index in [1.165, 1.54) is 0 Å². The Kier molecular flexibility index (Phi) is 4.41. The average molecular weight is 281 g/mol. The molecule has 1 aromatic rings. The van der Waals surface area contributed by atoms with Gasteiger partial charge >= 0.3 is 6.18 Å². The van der Waals surface area contributed by atoms with Gasteiger partial charge in [-0.15, -0.1) is 0 Å². The molecule has 1 aromatic heterocycles. The SMILES string of the molecule is FC(F)(F)c1cnc(NCCN2CCOCC2)s1. The van der Waals surface area contributed by atoms with Crippen molar-refractivity contribution < 1.29 is 17.9 Å². The van der Waals surface area contributed by atoms with Crippen molar-refractivity contribution >= 4 is 16.5 Å².